The minimum atomic E-state index is -0.447. The number of nitrogens with zero attached hydrogens (tertiary/aromatic N) is 1. The van der Waals surface area contributed by atoms with Gasteiger partial charge in [-0.25, -0.2) is 0 Å². The molecule has 5 nitrogen and oxygen atoms in total. The molecule has 0 rings (SSSR count). The number of hydrogen-bond acceptors (Lipinski definition) is 2. The first kappa shape index (κ1) is 15.7. The summed E-state index contributed by atoms with van der Waals surface area (Å²) in [6.45, 7) is 7.40. The first-order valence-electron chi connectivity index (χ1n) is 6.14. The third-order valence-corrected chi connectivity index (χ3v) is 2.59. The van der Waals surface area contributed by atoms with E-state index in [-0.39, 0.29) is 5.91 Å². The Kier molecular flexibility index (Phi) is 7.34. The second-order valence-electron chi connectivity index (χ2n) is 4.67. The van der Waals surface area contributed by atoms with Gasteiger partial charge in [0.15, 0.2) is 5.96 Å². The second-order valence-corrected chi connectivity index (χ2v) is 4.67. The fourth-order valence-electron chi connectivity index (χ4n) is 1.33. The molecule has 0 aliphatic heterocycles. The van der Waals surface area contributed by atoms with Crippen LogP contribution in [0, 0.1) is 5.41 Å². The zero-order chi connectivity index (χ0) is 13.3. The van der Waals surface area contributed by atoms with E-state index < -0.39 is 5.41 Å². The lowest BCUT2D eigenvalue weighted by Gasteiger charge is -2.24. The van der Waals surface area contributed by atoms with Gasteiger partial charge >= 0.3 is 0 Å². The Labute approximate surface area is 104 Å². The Hall–Kier alpha value is -1.26. The van der Waals surface area contributed by atoms with Crippen molar-refractivity contribution < 1.29 is 4.79 Å². The summed E-state index contributed by atoms with van der Waals surface area (Å²) in [6, 6.07) is 0. The van der Waals surface area contributed by atoms with E-state index in [1.54, 1.807) is 14.1 Å². The maximum Gasteiger partial charge on any atom is 0.227 e. The number of unbranched alkanes of at least 4 members (excludes halogenated alkanes) is 1. The summed E-state index contributed by atoms with van der Waals surface area (Å²) in [5.74, 6) is 0.768. The van der Waals surface area contributed by atoms with Crippen molar-refractivity contribution in [1.82, 2.24) is 16.0 Å². The smallest absolute Gasteiger partial charge is 0.227 e. The highest BCUT2D eigenvalue weighted by Gasteiger charge is 2.26. The molecule has 0 aliphatic carbocycles. The molecule has 0 aromatic heterocycles. The molecule has 1 amide bonds. The quantitative estimate of drug-likeness (QED) is 0.365. The van der Waals surface area contributed by atoms with Gasteiger partial charge in [0.05, 0.1) is 5.41 Å². The number of hydrogen-bond donors (Lipinski definition) is 3. The van der Waals surface area contributed by atoms with Gasteiger partial charge in [-0.1, -0.05) is 13.3 Å². The van der Waals surface area contributed by atoms with Crippen molar-refractivity contribution in [2.24, 2.45) is 10.4 Å². The van der Waals surface area contributed by atoms with Crippen molar-refractivity contribution in [3.63, 3.8) is 0 Å². The van der Waals surface area contributed by atoms with E-state index >= 15 is 0 Å². The molecule has 0 saturated heterocycles. The average Bonchev–Trinajstić information content (AvgIpc) is 2.32. The van der Waals surface area contributed by atoms with Gasteiger partial charge in [-0.2, -0.15) is 0 Å². The van der Waals surface area contributed by atoms with Crippen LogP contribution in [-0.4, -0.2) is 39.1 Å². The molecular formula is C12H26N4O. The normalized spacial score (nSPS) is 12.2. The zero-order valence-corrected chi connectivity index (χ0v) is 11.7. The summed E-state index contributed by atoms with van der Waals surface area (Å²) in [4.78, 5) is 15.7. The summed E-state index contributed by atoms with van der Waals surface area (Å²) < 4.78 is 0. The Bertz CT molecular complexity index is 261. The number of nitrogens with one attached hydrogen (secondary N) is 3. The first-order valence-corrected chi connectivity index (χ1v) is 6.14. The van der Waals surface area contributed by atoms with Crippen molar-refractivity contribution in [2.45, 2.75) is 33.6 Å². The zero-order valence-electron chi connectivity index (χ0n) is 11.7. The van der Waals surface area contributed by atoms with Gasteiger partial charge in [0.2, 0.25) is 5.91 Å². The van der Waals surface area contributed by atoms with Crippen molar-refractivity contribution >= 4 is 11.9 Å². The van der Waals surface area contributed by atoms with E-state index in [4.69, 9.17) is 0 Å². The summed E-state index contributed by atoms with van der Waals surface area (Å²) >= 11 is 0. The van der Waals surface area contributed by atoms with E-state index in [0.717, 1.165) is 25.3 Å². The Morgan fingerprint density at radius 3 is 2.41 bits per heavy atom. The van der Waals surface area contributed by atoms with Crippen LogP contribution >= 0.6 is 0 Å². The average molecular weight is 242 g/mol. The van der Waals surface area contributed by atoms with Crippen LogP contribution in [0.4, 0.5) is 0 Å². The van der Waals surface area contributed by atoms with Crippen LogP contribution < -0.4 is 16.0 Å². The van der Waals surface area contributed by atoms with E-state index in [2.05, 4.69) is 27.9 Å². The highest BCUT2D eigenvalue weighted by Crippen LogP contribution is 2.12. The van der Waals surface area contributed by atoms with Crippen LogP contribution in [0.1, 0.15) is 33.6 Å². The molecule has 100 valence electrons. The topological polar surface area (TPSA) is 65.5 Å². The highest BCUT2D eigenvalue weighted by molar-refractivity contribution is 5.84. The molecule has 0 unspecified atom stereocenters. The summed E-state index contributed by atoms with van der Waals surface area (Å²) in [6.07, 6.45) is 2.26. The first-order chi connectivity index (χ1) is 7.97. The van der Waals surface area contributed by atoms with E-state index in [9.17, 15) is 4.79 Å². The van der Waals surface area contributed by atoms with Crippen molar-refractivity contribution in [1.29, 1.82) is 0 Å². The fraction of sp³-hybridized carbons (Fsp3) is 0.833. The molecule has 0 radical (unpaired) electrons. The Morgan fingerprint density at radius 1 is 1.29 bits per heavy atom. The molecule has 17 heavy (non-hydrogen) atoms. The Balaban J connectivity index is 4.10. The van der Waals surface area contributed by atoms with Gasteiger partial charge < -0.3 is 16.0 Å². The predicted molar refractivity (Wildman–Crippen MR) is 72.1 cm³/mol. The third kappa shape index (κ3) is 6.14. The summed E-state index contributed by atoms with van der Waals surface area (Å²) in [5, 5.41) is 9.03. The van der Waals surface area contributed by atoms with E-state index in [1.165, 1.54) is 0 Å². The van der Waals surface area contributed by atoms with Crippen LogP contribution in [0.25, 0.3) is 0 Å². The maximum absolute atomic E-state index is 11.6. The number of carbonyl (C=O) groups excluding carboxylic acids is 1. The standard InChI is InChI=1S/C12H26N4O/c1-6-7-8-15-11(14-5)16-9-12(2,3)10(17)13-4/h6-9H2,1-5H3,(H,13,17)(H2,14,15,16). The molecule has 0 fully saturated rings. The molecule has 0 atom stereocenters. The van der Waals surface area contributed by atoms with Gasteiger partial charge in [-0.15, -0.1) is 0 Å². The molecule has 0 aromatic rings. The number of rotatable bonds is 6. The summed E-state index contributed by atoms with van der Waals surface area (Å²) in [7, 11) is 3.38. The van der Waals surface area contributed by atoms with Gasteiger partial charge in [-0.05, 0) is 20.3 Å². The van der Waals surface area contributed by atoms with Gasteiger partial charge in [0, 0.05) is 27.2 Å². The molecule has 0 bridgehead atoms. The molecule has 0 heterocycles. The molecule has 5 heteroatoms. The third-order valence-electron chi connectivity index (χ3n) is 2.59. The SMILES string of the molecule is CCCCNC(=NC)NCC(C)(C)C(=O)NC. The van der Waals surface area contributed by atoms with Crippen LogP contribution in [0.5, 0.6) is 0 Å². The monoisotopic (exact) mass is 242 g/mol. The predicted octanol–water partition coefficient (Wildman–Crippen LogP) is 0.724. The largest absolute Gasteiger partial charge is 0.359 e. The number of aliphatic imine (C=N–C) groups is 1. The van der Waals surface area contributed by atoms with Crippen molar-refractivity contribution in [3.8, 4) is 0 Å². The molecule has 0 aromatic carbocycles. The van der Waals surface area contributed by atoms with Crippen LogP contribution in [0.15, 0.2) is 4.99 Å². The molecule has 0 aliphatic rings. The van der Waals surface area contributed by atoms with Gasteiger partial charge in [-0.3, -0.25) is 9.79 Å². The van der Waals surface area contributed by atoms with Crippen LogP contribution in [-0.2, 0) is 4.79 Å². The van der Waals surface area contributed by atoms with Crippen LogP contribution in [0.3, 0.4) is 0 Å². The number of guanidine groups is 1. The number of carbonyl (C=O) groups is 1. The number of amides is 1. The summed E-state index contributed by atoms with van der Waals surface area (Å²) in [5.41, 5.74) is -0.447. The van der Waals surface area contributed by atoms with Gasteiger partial charge in [0.1, 0.15) is 0 Å². The molecule has 3 N–H and O–H groups in total. The van der Waals surface area contributed by atoms with E-state index in [1.807, 2.05) is 13.8 Å². The minimum Gasteiger partial charge on any atom is -0.359 e. The fourth-order valence-corrected chi connectivity index (χ4v) is 1.33. The lowest BCUT2D eigenvalue weighted by molar-refractivity contribution is -0.128. The van der Waals surface area contributed by atoms with Crippen molar-refractivity contribution in [3.05, 3.63) is 0 Å². The molecular weight excluding hydrogens is 216 g/mol. The lowest BCUT2D eigenvalue weighted by atomic mass is 9.92. The molecule has 0 saturated carbocycles. The van der Waals surface area contributed by atoms with Crippen molar-refractivity contribution in [2.75, 3.05) is 27.2 Å². The minimum absolute atomic E-state index is 0.0222. The van der Waals surface area contributed by atoms with Crippen LogP contribution in [0.2, 0.25) is 0 Å². The highest BCUT2D eigenvalue weighted by atomic mass is 16.2. The van der Waals surface area contributed by atoms with E-state index in [0.29, 0.717) is 6.54 Å². The lowest BCUT2D eigenvalue weighted by Crippen LogP contribution is -2.47. The molecule has 0 spiro atoms. The van der Waals surface area contributed by atoms with Gasteiger partial charge in [0.25, 0.3) is 0 Å². The Morgan fingerprint density at radius 2 is 1.94 bits per heavy atom. The second kappa shape index (κ2) is 7.92. The maximum atomic E-state index is 11.6.